The van der Waals surface area contributed by atoms with E-state index in [4.69, 9.17) is 9.84 Å². The fraction of sp³-hybridized carbons (Fsp3) is 0.167. The Morgan fingerprint density at radius 1 is 1.22 bits per heavy atom. The number of benzene rings is 2. The number of nitrogens with one attached hydrogen (secondary N) is 1. The number of aromatic amines is 1. The fourth-order valence-corrected chi connectivity index (χ4v) is 4.29. The van der Waals surface area contributed by atoms with E-state index < -0.39 is 6.17 Å². The van der Waals surface area contributed by atoms with E-state index in [2.05, 4.69) is 18.1 Å². The molecule has 1 aliphatic rings. The Hall–Kier alpha value is -3.65. The third-order valence-electron chi connectivity index (χ3n) is 4.98. The van der Waals surface area contributed by atoms with Crippen molar-refractivity contribution in [1.82, 2.24) is 10.1 Å². The van der Waals surface area contributed by atoms with Crippen LogP contribution in [0.25, 0.3) is 11.3 Å². The number of rotatable bonds is 7. The van der Waals surface area contributed by atoms with Crippen LogP contribution in [0, 0.1) is 0 Å². The summed E-state index contributed by atoms with van der Waals surface area (Å²) in [6.07, 6.45) is 2.79. The van der Waals surface area contributed by atoms with E-state index in [0.717, 1.165) is 5.56 Å². The van der Waals surface area contributed by atoms with Crippen molar-refractivity contribution in [2.24, 2.45) is 0 Å². The Balaban J connectivity index is 1.93. The van der Waals surface area contributed by atoms with Crippen LogP contribution in [0.3, 0.4) is 0 Å². The summed E-state index contributed by atoms with van der Waals surface area (Å²) in [5, 5.41) is 5.17. The molecule has 1 unspecified atom stereocenters. The van der Waals surface area contributed by atoms with E-state index in [-0.39, 0.29) is 11.5 Å². The van der Waals surface area contributed by atoms with Crippen molar-refractivity contribution in [3.63, 3.8) is 0 Å². The SMILES string of the molecule is C=CCOc1ccc(C2N(C(C)=O)c3ccccc3-c3c(=O)[nH]c(SCC=C)n[n+]32)cc1. The van der Waals surface area contributed by atoms with Crippen LogP contribution < -0.4 is 19.9 Å². The number of fused-ring (bicyclic) bond motifs is 3. The molecule has 4 rings (SSSR count). The van der Waals surface area contributed by atoms with Crippen LogP contribution in [0.4, 0.5) is 5.69 Å². The Morgan fingerprint density at radius 3 is 2.66 bits per heavy atom. The number of hydrogen-bond acceptors (Lipinski definition) is 5. The fourth-order valence-electron chi connectivity index (χ4n) is 3.71. The first-order chi connectivity index (χ1) is 15.5. The van der Waals surface area contributed by atoms with Gasteiger partial charge in [-0.15, -0.1) is 6.58 Å². The number of carbonyl (C=O) groups excluding carboxylic acids is 1. The summed E-state index contributed by atoms with van der Waals surface area (Å²) in [5.74, 6) is 1.12. The lowest BCUT2D eigenvalue weighted by atomic mass is 10.0. The minimum atomic E-state index is -0.628. The lowest BCUT2D eigenvalue weighted by Gasteiger charge is -2.31. The standard InChI is InChI=1S/C24H22N4O3S/c1-4-14-31-18-12-10-17(11-13-18)23-27(16(3)29)20-9-7-6-8-19(20)21-22(30)25-24(26-28(21)23)32-15-5-2/h4-13,23H,1-2,14-15H2,3H3/p+1. The van der Waals surface area contributed by atoms with E-state index in [1.54, 1.807) is 21.7 Å². The predicted octanol–water partition coefficient (Wildman–Crippen LogP) is 3.48. The highest BCUT2D eigenvalue weighted by atomic mass is 32.2. The maximum absolute atomic E-state index is 13.1. The van der Waals surface area contributed by atoms with Gasteiger partial charge in [0.15, 0.2) is 0 Å². The van der Waals surface area contributed by atoms with Crippen molar-refractivity contribution in [3.05, 3.63) is 89.8 Å². The van der Waals surface area contributed by atoms with Gasteiger partial charge in [-0.3, -0.25) is 14.6 Å². The molecule has 0 aliphatic carbocycles. The molecule has 0 spiro atoms. The van der Waals surface area contributed by atoms with Gasteiger partial charge in [-0.1, -0.05) is 42.6 Å². The van der Waals surface area contributed by atoms with Gasteiger partial charge >= 0.3 is 11.3 Å². The molecular weight excluding hydrogens is 424 g/mol. The Kier molecular flexibility index (Phi) is 6.23. The number of H-pyrrole nitrogens is 1. The van der Waals surface area contributed by atoms with Crippen LogP contribution in [0.2, 0.25) is 0 Å². The molecule has 7 nitrogen and oxygen atoms in total. The maximum Gasteiger partial charge on any atom is 0.325 e. The summed E-state index contributed by atoms with van der Waals surface area (Å²) in [7, 11) is 0. The van der Waals surface area contributed by atoms with E-state index in [9.17, 15) is 9.59 Å². The second kappa shape index (κ2) is 9.23. The van der Waals surface area contributed by atoms with Crippen LogP contribution in [0.1, 0.15) is 18.7 Å². The number of thioether (sulfide) groups is 1. The molecule has 3 aromatic rings. The molecule has 2 aromatic carbocycles. The second-order valence-corrected chi connectivity index (χ2v) is 8.11. The minimum Gasteiger partial charge on any atom is -0.490 e. The molecule has 0 radical (unpaired) electrons. The van der Waals surface area contributed by atoms with Gasteiger partial charge in [0.05, 0.1) is 11.3 Å². The van der Waals surface area contributed by atoms with Crippen molar-refractivity contribution < 1.29 is 14.2 Å². The van der Waals surface area contributed by atoms with E-state index >= 15 is 0 Å². The molecule has 1 N–H and O–H groups in total. The van der Waals surface area contributed by atoms with E-state index in [1.807, 2.05) is 48.5 Å². The maximum atomic E-state index is 13.1. The van der Waals surface area contributed by atoms with Gasteiger partial charge in [0, 0.05) is 23.3 Å². The summed E-state index contributed by atoms with van der Waals surface area (Å²) in [6, 6.07) is 14.8. The van der Waals surface area contributed by atoms with Crippen molar-refractivity contribution in [3.8, 4) is 17.0 Å². The highest BCUT2D eigenvalue weighted by Crippen LogP contribution is 2.37. The minimum absolute atomic E-state index is 0.157. The lowest BCUT2D eigenvalue weighted by Crippen LogP contribution is -2.60. The molecule has 1 aromatic heterocycles. The monoisotopic (exact) mass is 447 g/mol. The summed E-state index contributed by atoms with van der Waals surface area (Å²) in [5.41, 5.74) is 2.25. The average molecular weight is 448 g/mol. The summed E-state index contributed by atoms with van der Waals surface area (Å²) in [6.45, 7) is 9.29. The van der Waals surface area contributed by atoms with Crippen LogP contribution in [-0.2, 0) is 4.79 Å². The molecule has 8 heteroatoms. The van der Waals surface area contributed by atoms with Crippen molar-refractivity contribution >= 4 is 23.4 Å². The van der Waals surface area contributed by atoms with Gasteiger partial charge in [-0.25, -0.2) is 4.90 Å². The number of para-hydroxylation sites is 1. The summed E-state index contributed by atoms with van der Waals surface area (Å²) in [4.78, 5) is 30.5. The molecule has 32 heavy (non-hydrogen) atoms. The number of carbonyl (C=O) groups is 1. The Bertz CT molecular complexity index is 1240. The van der Waals surface area contributed by atoms with Gasteiger partial charge < -0.3 is 4.74 Å². The number of amides is 1. The zero-order valence-corrected chi connectivity index (χ0v) is 18.5. The number of anilines is 1. The highest BCUT2D eigenvalue weighted by molar-refractivity contribution is 7.99. The van der Waals surface area contributed by atoms with Crippen LogP contribution >= 0.6 is 11.8 Å². The first-order valence-electron chi connectivity index (χ1n) is 10.1. The third kappa shape index (κ3) is 3.97. The quantitative estimate of drug-likeness (QED) is 0.341. The molecule has 0 bridgehead atoms. The number of aromatic nitrogens is 3. The van der Waals surface area contributed by atoms with E-state index in [0.29, 0.717) is 40.2 Å². The zero-order valence-electron chi connectivity index (χ0n) is 17.7. The molecule has 1 aliphatic heterocycles. The smallest absolute Gasteiger partial charge is 0.325 e. The predicted molar refractivity (Wildman–Crippen MR) is 125 cm³/mol. The molecule has 2 heterocycles. The van der Waals surface area contributed by atoms with Crippen molar-refractivity contribution in [2.75, 3.05) is 17.3 Å². The molecule has 0 saturated heterocycles. The highest BCUT2D eigenvalue weighted by Gasteiger charge is 2.44. The van der Waals surface area contributed by atoms with Gasteiger partial charge in [-0.2, -0.15) is 0 Å². The van der Waals surface area contributed by atoms with Crippen LogP contribution in [0.15, 0.2) is 83.8 Å². The first kappa shape index (κ1) is 21.6. The first-order valence-corrected chi connectivity index (χ1v) is 11.1. The molecular formula is C24H23N4O3S+. The molecule has 0 saturated carbocycles. The van der Waals surface area contributed by atoms with Gasteiger partial charge in [0.1, 0.15) is 12.4 Å². The van der Waals surface area contributed by atoms with E-state index in [1.165, 1.54) is 18.7 Å². The molecule has 162 valence electrons. The number of nitrogens with zero attached hydrogens (tertiary/aromatic N) is 3. The van der Waals surface area contributed by atoms with Crippen molar-refractivity contribution in [1.29, 1.82) is 0 Å². The van der Waals surface area contributed by atoms with Crippen LogP contribution in [-0.4, -0.2) is 28.3 Å². The number of hydrogen-bond donors (Lipinski definition) is 1. The topological polar surface area (TPSA) is 79.2 Å². The largest absolute Gasteiger partial charge is 0.490 e. The zero-order chi connectivity index (χ0) is 22.7. The third-order valence-corrected chi connectivity index (χ3v) is 5.84. The Labute approximate surface area is 190 Å². The lowest BCUT2D eigenvalue weighted by molar-refractivity contribution is -0.763. The second-order valence-electron chi connectivity index (χ2n) is 7.10. The molecule has 0 fully saturated rings. The molecule has 1 amide bonds. The number of ether oxygens (including phenoxy) is 1. The van der Waals surface area contributed by atoms with Gasteiger partial charge in [0.25, 0.3) is 6.17 Å². The Morgan fingerprint density at radius 2 is 1.97 bits per heavy atom. The normalized spacial score (nSPS) is 14.3. The average Bonchev–Trinajstić information content (AvgIpc) is 2.80. The van der Waals surface area contributed by atoms with Crippen LogP contribution in [0.5, 0.6) is 5.75 Å². The van der Waals surface area contributed by atoms with Gasteiger partial charge in [0.2, 0.25) is 11.1 Å². The van der Waals surface area contributed by atoms with Crippen molar-refractivity contribution in [2.45, 2.75) is 18.2 Å². The summed E-state index contributed by atoms with van der Waals surface area (Å²) >= 11 is 1.37. The summed E-state index contributed by atoms with van der Waals surface area (Å²) < 4.78 is 7.22. The van der Waals surface area contributed by atoms with Gasteiger partial charge in [-0.05, 0) is 41.1 Å². The molecule has 1 atom stereocenters.